The van der Waals surface area contributed by atoms with Crippen molar-refractivity contribution in [1.82, 2.24) is 4.90 Å². The van der Waals surface area contributed by atoms with Gasteiger partial charge in [0.25, 0.3) is 0 Å². The van der Waals surface area contributed by atoms with E-state index in [1.54, 1.807) is 4.90 Å². The minimum Gasteiger partial charge on any atom is -0.388 e. The molecule has 1 saturated heterocycles. The monoisotopic (exact) mass is 235 g/mol. The van der Waals surface area contributed by atoms with Gasteiger partial charge in [-0.15, -0.1) is 11.6 Å². The Bertz CT molecular complexity index is 225. The number of halogens is 1. The topological polar surface area (TPSA) is 49.8 Å². The van der Waals surface area contributed by atoms with Crippen LogP contribution in [0.4, 0.5) is 0 Å². The second-order valence-electron chi connectivity index (χ2n) is 3.68. The average molecular weight is 236 g/mol. The molecule has 0 bridgehead atoms. The highest BCUT2D eigenvalue weighted by Gasteiger charge is 2.35. The molecule has 0 saturated carbocycles. The molecule has 1 N–H and O–H groups in total. The van der Waals surface area contributed by atoms with E-state index in [0.29, 0.717) is 26.1 Å². The summed E-state index contributed by atoms with van der Waals surface area (Å²) in [6.45, 7) is 5.04. The number of hydrogen-bond acceptors (Lipinski definition) is 3. The molecule has 1 heterocycles. The Labute approximate surface area is 95.2 Å². The lowest BCUT2D eigenvalue weighted by atomic mass is 10.3. The van der Waals surface area contributed by atoms with Gasteiger partial charge < -0.3 is 14.7 Å². The van der Waals surface area contributed by atoms with Crippen molar-refractivity contribution in [1.29, 1.82) is 0 Å². The molecule has 0 spiro atoms. The van der Waals surface area contributed by atoms with Crippen LogP contribution < -0.4 is 0 Å². The van der Waals surface area contributed by atoms with Crippen LogP contribution in [0, 0.1) is 0 Å². The number of ether oxygens (including phenoxy) is 1. The molecule has 0 aromatic carbocycles. The minimum atomic E-state index is -0.588. The molecule has 0 aliphatic carbocycles. The van der Waals surface area contributed by atoms with Crippen molar-refractivity contribution >= 4 is 17.5 Å². The molecule has 0 aromatic heterocycles. The van der Waals surface area contributed by atoms with Crippen LogP contribution in [0.3, 0.4) is 0 Å². The van der Waals surface area contributed by atoms with E-state index >= 15 is 0 Å². The highest BCUT2D eigenvalue weighted by atomic mass is 35.5. The van der Waals surface area contributed by atoms with Crippen molar-refractivity contribution in [2.75, 3.05) is 19.7 Å². The summed E-state index contributed by atoms with van der Waals surface area (Å²) in [6.07, 6.45) is -0.249. The zero-order chi connectivity index (χ0) is 11.4. The van der Waals surface area contributed by atoms with Crippen LogP contribution in [0.2, 0.25) is 0 Å². The van der Waals surface area contributed by atoms with Gasteiger partial charge in [-0.25, -0.2) is 0 Å². The SMILES string of the molecule is CCO[C@@H]1CN(C(=O)[C@H](Cl)CC)C[C@H]1O. The summed E-state index contributed by atoms with van der Waals surface area (Å²) in [5.74, 6) is -0.111. The Morgan fingerprint density at radius 3 is 2.80 bits per heavy atom. The maximum Gasteiger partial charge on any atom is 0.240 e. The first-order chi connectivity index (χ1) is 7.10. The van der Waals surface area contributed by atoms with Gasteiger partial charge in [-0.2, -0.15) is 0 Å². The first-order valence-electron chi connectivity index (χ1n) is 5.32. The maximum absolute atomic E-state index is 11.7. The number of hydrogen-bond donors (Lipinski definition) is 1. The van der Waals surface area contributed by atoms with Gasteiger partial charge in [-0.1, -0.05) is 6.92 Å². The van der Waals surface area contributed by atoms with E-state index in [9.17, 15) is 9.90 Å². The third-order valence-electron chi connectivity index (χ3n) is 2.56. The van der Waals surface area contributed by atoms with Gasteiger partial charge >= 0.3 is 0 Å². The fourth-order valence-corrected chi connectivity index (χ4v) is 1.83. The van der Waals surface area contributed by atoms with Gasteiger partial charge in [0.15, 0.2) is 0 Å². The molecule has 1 aliphatic heterocycles. The third kappa shape index (κ3) is 3.06. The second kappa shape index (κ2) is 5.68. The summed E-state index contributed by atoms with van der Waals surface area (Å²) >= 11 is 5.85. The summed E-state index contributed by atoms with van der Waals surface area (Å²) in [5, 5.41) is 9.14. The molecule has 0 radical (unpaired) electrons. The zero-order valence-corrected chi connectivity index (χ0v) is 9.91. The maximum atomic E-state index is 11.7. The third-order valence-corrected chi connectivity index (χ3v) is 3.05. The number of rotatable bonds is 4. The van der Waals surface area contributed by atoms with E-state index in [0.717, 1.165) is 0 Å². The lowest BCUT2D eigenvalue weighted by molar-refractivity contribution is -0.130. The Kier molecular flexibility index (Phi) is 4.83. The molecular weight excluding hydrogens is 218 g/mol. The number of amides is 1. The largest absolute Gasteiger partial charge is 0.388 e. The number of likely N-dealkylation sites (tertiary alicyclic amines) is 1. The molecule has 0 aromatic rings. The summed E-state index contributed by atoms with van der Waals surface area (Å²) < 4.78 is 5.32. The molecule has 15 heavy (non-hydrogen) atoms. The number of aliphatic hydroxyl groups is 1. The fraction of sp³-hybridized carbons (Fsp3) is 0.900. The van der Waals surface area contributed by atoms with Crippen LogP contribution in [-0.4, -0.2) is 53.2 Å². The van der Waals surface area contributed by atoms with Crippen molar-refractivity contribution in [3.05, 3.63) is 0 Å². The van der Waals surface area contributed by atoms with Crippen molar-refractivity contribution in [3.8, 4) is 0 Å². The van der Waals surface area contributed by atoms with Crippen molar-refractivity contribution in [2.45, 2.75) is 37.9 Å². The molecule has 1 rings (SSSR count). The molecular formula is C10H18ClNO3. The predicted molar refractivity (Wildman–Crippen MR) is 57.9 cm³/mol. The van der Waals surface area contributed by atoms with Crippen LogP contribution in [0.5, 0.6) is 0 Å². The Hall–Kier alpha value is -0.320. The van der Waals surface area contributed by atoms with Crippen LogP contribution in [0.15, 0.2) is 0 Å². The number of alkyl halides is 1. The first kappa shape index (κ1) is 12.7. The summed E-state index contributed by atoms with van der Waals surface area (Å²) in [4.78, 5) is 13.3. The molecule has 0 unspecified atom stereocenters. The van der Waals surface area contributed by atoms with Crippen LogP contribution in [-0.2, 0) is 9.53 Å². The normalized spacial score (nSPS) is 28.1. The molecule has 1 amide bonds. The van der Waals surface area contributed by atoms with Gasteiger partial charge in [-0.05, 0) is 13.3 Å². The lowest BCUT2D eigenvalue weighted by Gasteiger charge is -2.18. The minimum absolute atomic E-state index is 0.111. The Morgan fingerprint density at radius 1 is 1.60 bits per heavy atom. The standard InChI is InChI=1S/C10H18ClNO3/c1-3-7(11)10(14)12-5-8(13)9(6-12)15-4-2/h7-9,13H,3-6H2,1-2H3/t7-,8-,9-/m1/s1. The number of carbonyl (C=O) groups is 1. The van der Waals surface area contributed by atoms with Crippen molar-refractivity contribution in [2.24, 2.45) is 0 Å². The Balaban J connectivity index is 2.50. The summed E-state index contributed by atoms with van der Waals surface area (Å²) in [6, 6.07) is 0. The predicted octanol–water partition coefficient (Wildman–Crippen LogP) is 0.612. The number of carbonyl (C=O) groups excluding carboxylic acids is 1. The van der Waals surface area contributed by atoms with Crippen LogP contribution >= 0.6 is 11.6 Å². The summed E-state index contributed by atoms with van der Waals surface area (Å²) in [5.41, 5.74) is 0. The molecule has 5 heteroatoms. The zero-order valence-electron chi connectivity index (χ0n) is 9.15. The van der Waals surface area contributed by atoms with E-state index in [2.05, 4.69) is 0 Å². The van der Waals surface area contributed by atoms with E-state index in [1.807, 2.05) is 13.8 Å². The van der Waals surface area contributed by atoms with Gasteiger partial charge in [0.1, 0.15) is 11.5 Å². The van der Waals surface area contributed by atoms with E-state index < -0.39 is 11.5 Å². The van der Waals surface area contributed by atoms with E-state index in [-0.39, 0.29) is 12.0 Å². The van der Waals surface area contributed by atoms with Gasteiger partial charge in [-0.3, -0.25) is 4.79 Å². The Morgan fingerprint density at radius 2 is 2.27 bits per heavy atom. The summed E-state index contributed by atoms with van der Waals surface area (Å²) in [7, 11) is 0. The quantitative estimate of drug-likeness (QED) is 0.727. The molecule has 88 valence electrons. The average Bonchev–Trinajstić information content (AvgIpc) is 2.59. The number of aliphatic hydroxyl groups excluding tert-OH is 1. The van der Waals surface area contributed by atoms with E-state index in [4.69, 9.17) is 16.3 Å². The highest BCUT2D eigenvalue weighted by Crippen LogP contribution is 2.17. The van der Waals surface area contributed by atoms with Gasteiger partial charge in [0, 0.05) is 19.7 Å². The van der Waals surface area contributed by atoms with Crippen molar-refractivity contribution in [3.63, 3.8) is 0 Å². The highest BCUT2D eigenvalue weighted by molar-refractivity contribution is 6.30. The van der Waals surface area contributed by atoms with Crippen molar-refractivity contribution < 1.29 is 14.6 Å². The number of β-amino-alcohol motifs (C(OH)–C–C–N with tert-alkyl or cyclic N) is 1. The van der Waals surface area contributed by atoms with E-state index in [1.165, 1.54) is 0 Å². The molecule has 1 fully saturated rings. The molecule has 4 nitrogen and oxygen atoms in total. The molecule has 3 atom stereocenters. The van der Waals surface area contributed by atoms with Gasteiger partial charge in [0.05, 0.1) is 6.10 Å². The first-order valence-corrected chi connectivity index (χ1v) is 5.76. The second-order valence-corrected chi connectivity index (χ2v) is 4.21. The van der Waals surface area contributed by atoms with Gasteiger partial charge in [0.2, 0.25) is 5.91 Å². The fourth-order valence-electron chi connectivity index (χ4n) is 1.69. The number of nitrogens with zero attached hydrogens (tertiary/aromatic N) is 1. The van der Waals surface area contributed by atoms with Crippen LogP contribution in [0.25, 0.3) is 0 Å². The lowest BCUT2D eigenvalue weighted by Crippen LogP contribution is -2.35. The smallest absolute Gasteiger partial charge is 0.240 e. The molecule has 1 aliphatic rings. The van der Waals surface area contributed by atoms with Crippen LogP contribution in [0.1, 0.15) is 20.3 Å².